The Balaban J connectivity index is 1.63. The highest BCUT2D eigenvalue weighted by molar-refractivity contribution is 7.14. The number of hydrogen-bond donors (Lipinski definition) is 0. The zero-order valence-electron chi connectivity index (χ0n) is 12.9. The summed E-state index contributed by atoms with van der Waals surface area (Å²) in [6.07, 6.45) is 5.38. The Kier molecular flexibility index (Phi) is 5.04. The van der Waals surface area contributed by atoms with Gasteiger partial charge < -0.3 is 4.74 Å². The predicted octanol–water partition coefficient (Wildman–Crippen LogP) is 4.33. The summed E-state index contributed by atoms with van der Waals surface area (Å²) in [6.45, 7) is -0.494. The lowest BCUT2D eigenvalue weighted by Gasteiger charge is -2.03. The first kappa shape index (κ1) is 16.8. The fraction of sp³-hybridized carbons (Fsp3) is 0.333. The number of benzene rings is 1. The minimum atomic E-state index is -1.10. The lowest BCUT2D eigenvalue weighted by Crippen LogP contribution is -2.14. The lowest BCUT2D eigenvalue weighted by molar-refractivity contribution is 0.0479. The molecule has 126 valence electrons. The van der Waals surface area contributed by atoms with Crippen LogP contribution < -0.4 is 0 Å². The Hall–Kier alpha value is -2.08. The third-order valence-corrected chi connectivity index (χ3v) is 5.24. The number of thiophene rings is 1. The maximum Gasteiger partial charge on any atom is 0.348 e. The van der Waals surface area contributed by atoms with E-state index in [-0.39, 0.29) is 5.56 Å². The van der Waals surface area contributed by atoms with Crippen LogP contribution >= 0.6 is 11.3 Å². The highest BCUT2D eigenvalue weighted by Crippen LogP contribution is 2.29. The van der Waals surface area contributed by atoms with Gasteiger partial charge in [-0.1, -0.05) is 6.42 Å². The van der Waals surface area contributed by atoms with Gasteiger partial charge in [0.05, 0.1) is 0 Å². The number of halogens is 2. The van der Waals surface area contributed by atoms with Gasteiger partial charge in [0.1, 0.15) is 4.88 Å². The summed E-state index contributed by atoms with van der Waals surface area (Å²) in [5.74, 6) is -3.25. The van der Waals surface area contributed by atoms with Crippen LogP contribution in [0.2, 0.25) is 0 Å². The third kappa shape index (κ3) is 3.70. The second-order valence-corrected chi connectivity index (χ2v) is 6.88. The molecule has 0 N–H and O–H groups in total. The summed E-state index contributed by atoms with van der Waals surface area (Å²) in [7, 11) is 0. The topological polar surface area (TPSA) is 43.4 Å². The van der Waals surface area contributed by atoms with Crippen LogP contribution in [0.4, 0.5) is 8.78 Å². The molecule has 0 aliphatic heterocycles. The zero-order chi connectivity index (χ0) is 17.1. The van der Waals surface area contributed by atoms with E-state index in [0.29, 0.717) is 4.88 Å². The van der Waals surface area contributed by atoms with Crippen LogP contribution in [0, 0.1) is 11.6 Å². The quantitative estimate of drug-likeness (QED) is 0.468. The molecule has 3 rings (SSSR count). The van der Waals surface area contributed by atoms with E-state index < -0.39 is 30.0 Å². The van der Waals surface area contributed by atoms with Crippen molar-refractivity contribution in [2.45, 2.75) is 32.1 Å². The van der Waals surface area contributed by atoms with Crippen molar-refractivity contribution in [3.05, 3.63) is 56.8 Å². The number of ether oxygens (including phenoxy) is 1. The summed E-state index contributed by atoms with van der Waals surface area (Å²) >= 11 is 1.41. The number of esters is 1. The Morgan fingerprint density at radius 3 is 2.62 bits per heavy atom. The average molecular weight is 350 g/mol. The molecule has 0 radical (unpaired) electrons. The molecule has 0 amide bonds. The van der Waals surface area contributed by atoms with Gasteiger partial charge in [-0.05, 0) is 55.5 Å². The van der Waals surface area contributed by atoms with Crippen molar-refractivity contribution in [1.29, 1.82) is 0 Å². The third-order valence-electron chi connectivity index (χ3n) is 4.02. The van der Waals surface area contributed by atoms with E-state index in [4.69, 9.17) is 4.74 Å². The highest BCUT2D eigenvalue weighted by atomic mass is 32.1. The van der Waals surface area contributed by atoms with E-state index in [1.165, 1.54) is 34.3 Å². The van der Waals surface area contributed by atoms with Crippen molar-refractivity contribution in [3.63, 3.8) is 0 Å². The van der Waals surface area contributed by atoms with Crippen LogP contribution in [0.25, 0.3) is 0 Å². The molecule has 1 aromatic heterocycles. The molecule has 24 heavy (non-hydrogen) atoms. The van der Waals surface area contributed by atoms with Gasteiger partial charge in [-0.3, -0.25) is 4.79 Å². The molecule has 1 heterocycles. The molecule has 1 aliphatic rings. The number of fused-ring (bicyclic) bond motifs is 1. The van der Waals surface area contributed by atoms with Crippen LogP contribution in [0.5, 0.6) is 0 Å². The molecule has 0 saturated heterocycles. The first-order valence-corrected chi connectivity index (χ1v) is 8.63. The number of carbonyl (C=O) groups excluding carboxylic acids is 2. The molecule has 0 fully saturated rings. The van der Waals surface area contributed by atoms with Crippen molar-refractivity contribution in [1.82, 2.24) is 0 Å². The molecule has 1 aromatic carbocycles. The molecule has 1 aliphatic carbocycles. The van der Waals surface area contributed by atoms with Crippen LogP contribution in [-0.2, 0) is 17.6 Å². The molecular formula is C18H16F2O3S. The number of carbonyl (C=O) groups is 2. The number of aryl methyl sites for hydroxylation is 2. The minimum Gasteiger partial charge on any atom is -0.453 e. The Labute approximate surface area is 142 Å². The summed E-state index contributed by atoms with van der Waals surface area (Å²) in [4.78, 5) is 25.7. The van der Waals surface area contributed by atoms with Crippen molar-refractivity contribution < 1.29 is 23.1 Å². The van der Waals surface area contributed by atoms with E-state index in [9.17, 15) is 18.4 Å². The van der Waals surface area contributed by atoms with Crippen molar-refractivity contribution in [2.75, 3.05) is 6.61 Å². The van der Waals surface area contributed by atoms with E-state index >= 15 is 0 Å². The molecular weight excluding hydrogens is 334 g/mol. The standard InChI is InChI=1S/C18H16F2O3S/c19-13-7-6-11(8-14(13)20)15(21)10-23-18(22)17-9-12-4-2-1-3-5-16(12)24-17/h6-9H,1-5,10H2. The van der Waals surface area contributed by atoms with E-state index in [0.717, 1.165) is 37.8 Å². The molecule has 6 heteroatoms. The lowest BCUT2D eigenvalue weighted by atomic mass is 10.1. The maximum absolute atomic E-state index is 13.1. The SMILES string of the molecule is O=C(COC(=O)c1cc2c(s1)CCCCC2)c1ccc(F)c(F)c1. The molecule has 0 saturated carbocycles. The Morgan fingerprint density at radius 2 is 1.83 bits per heavy atom. The maximum atomic E-state index is 13.1. The second kappa shape index (κ2) is 7.21. The molecule has 0 unspecified atom stereocenters. The molecule has 0 atom stereocenters. The summed E-state index contributed by atoms with van der Waals surface area (Å²) < 4.78 is 31.0. The second-order valence-electron chi connectivity index (χ2n) is 5.75. The Bertz CT molecular complexity index is 759. The van der Waals surface area contributed by atoms with E-state index in [1.54, 1.807) is 0 Å². The van der Waals surface area contributed by atoms with Crippen LogP contribution in [-0.4, -0.2) is 18.4 Å². The van der Waals surface area contributed by atoms with Gasteiger partial charge in [0.25, 0.3) is 0 Å². The number of rotatable bonds is 4. The fourth-order valence-electron chi connectivity index (χ4n) is 2.72. The van der Waals surface area contributed by atoms with Crippen molar-refractivity contribution >= 4 is 23.1 Å². The smallest absolute Gasteiger partial charge is 0.348 e. The summed E-state index contributed by atoms with van der Waals surface area (Å²) in [5.41, 5.74) is 1.17. The Morgan fingerprint density at radius 1 is 1.04 bits per heavy atom. The first-order valence-electron chi connectivity index (χ1n) is 7.81. The van der Waals surface area contributed by atoms with Crippen LogP contribution in [0.15, 0.2) is 24.3 Å². The highest BCUT2D eigenvalue weighted by Gasteiger charge is 2.19. The monoisotopic (exact) mass is 350 g/mol. The first-order chi connectivity index (χ1) is 11.5. The number of hydrogen-bond acceptors (Lipinski definition) is 4. The molecule has 3 nitrogen and oxygen atoms in total. The summed E-state index contributed by atoms with van der Waals surface area (Å²) in [5, 5.41) is 0. The normalized spacial score (nSPS) is 13.9. The van der Waals surface area contributed by atoms with Crippen molar-refractivity contribution in [2.24, 2.45) is 0 Å². The molecule has 2 aromatic rings. The van der Waals surface area contributed by atoms with Gasteiger partial charge in [0.15, 0.2) is 24.0 Å². The van der Waals surface area contributed by atoms with Gasteiger partial charge in [0, 0.05) is 10.4 Å². The van der Waals surface area contributed by atoms with Gasteiger partial charge in [-0.25, -0.2) is 13.6 Å². The average Bonchev–Trinajstić information content (AvgIpc) is 2.85. The van der Waals surface area contributed by atoms with Gasteiger partial charge in [-0.15, -0.1) is 11.3 Å². The molecule has 0 bridgehead atoms. The van der Waals surface area contributed by atoms with E-state index in [1.807, 2.05) is 6.07 Å². The number of ketones is 1. The predicted molar refractivity (Wildman–Crippen MR) is 86.5 cm³/mol. The van der Waals surface area contributed by atoms with Crippen LogP contribution in [0.3, 0.4) is 0 Å². The van der Waals surface area contributed by atoms with Crippen LogP contribution in [0.1, 0.15) is 49.7 Å². The van der Waals surface area contributed by atoms with Gasteiger partial charge in [-0.2, -0.15) is 0 Å². The fourth-order valence-corrected chi connectivity index (χ4v) is 3.87. The largest absolute Gasteiger partial charge is 0.453 e. The molecule has 0 spiro atoms. The van der Waals surface area contributed by atoms with E-state index in [2.05, 4.69) is 0 Å². The summed E-state index contributed by atoms with van der Waals surface area (Å²) in [6, 6.07) is 4.69. The van der Waals surface area contributed by atoms with Gasteiger partial charge >= 0.3 is 5.97 Å². The van der Waals surface area contributed by atoms with Gasteiger partial charge in [0.2, 0.25) is 0 Å². The van der Waals surface area contributed by atoms with Crippen molar-refractivity contribution in [3.8, 4) is 0 Å². The minimum absolute atomic E-state index is 0.0244. The number of Topliss-reactive ketones (excluding diaryl/α,β-unsaturated/α-hetero) is 1. The zero-order valence-corrected chi connectivity index (χ0v) is 13.8.